The van der Waals surface area contributed by atoms with Crippen molar-refractivity contribution in [3.05, 3.63) is 60.2 Å². The molecule has 1 atom stereocenters. The van der Waals surface area contributed by atoms with E-state index >= 15 is 0 Å². The number of aliphatic carboxylic acids is 1. The summed E-state index contributed by atoms with van der Waals surface area (Å²) in [5.41, 5.74) is 0.915. The van der Waals surface area contributed by atoms with E-state index in [1.807, 2.05) is 54.6 Å². The molecule has 1 N–H and O–H groups in total. The molecule has 3 rings (SSSR count). The molecular formula is C18H17NO4. The van der Waals surface area contributed by atoms with Crippen LogP contribution in [0.5, 0.6) is 11.5 Å². The highest BCUT2D eigenvalue weighted by Gasteiger charge is 2.36. The van der Waals surface area contributed by atoms with Gasteiger partial charge in [-0.3, -0.25) is 9.59 Å². The van der Waals surface area contributed by atoms with E-state index in [2.05, 4.69) is 0 Å². The number of hydrogen-bond acceptors (Lipinski definition) is 3. The van der Waals surface area contributed by atoms with E-state index in [4.69, 9.17) is 9.84 Å². The second-order valence-corrected chi connectivity index (χ2v) is 5.50. The monoisotopic (exact) mass is 311 g/mol. The highest BCUT2D eigenvalue weighted by Crippen LogP contribution is 2.24. The van der Waals surface area contributed by atoms with Gasteiger partial charge in [0.2, 0.25) is 5.91 Å². The number of nitrogens with zero attached hydrogens (tertiary/aromatic N) is 1. The van der Waals surface area contributed by atoms with Crippen molar-refractivity contribution in [3.8, 4) is 11.5 Å². The average molecular weight is 311 g/mol. The maximum absolute atomic E-state index is 12.0. The maximum atomic E-state index is 12.0. The van der Waals surface area contributed by atoms with E-state index in [0.717, 1.165) is 11.3 Å². The molecule has 5 nitrogen and oxygen atoms in total. The highest BCUT2D eigenvalue weighted by atomic mass is 16.5. The van der Waals surface area contributed by atoms with Crippen LogP contribution in [0.2, 0.25) is 0 Å². The average Bonchev–Trinajstić information content (AvgIpc) is 2.90. The van der Waals surface area contributed by atoms with Crippen LogP contribution in [0.4, 0.5) is 0 Å². The van der Waals surface area contributed by atoms with Gasteiger partial charge in [-0.05, 0) is 36.2 Å². The van der Waals surface area contributed by atoms with Crippen LogP contribution in [-0.2, 0) is 16.1 Å². The van der Waals surface area contributed by atoms with Gasteiger partial charge in [0, 0.05) is 13.1 Å². The van der Waals surface area contributed by atoms with Gasteiger partial charge in [0.1, 0.15) is 17.4 Å². The first kappa shape index (κ1) is 15.1. The summed E-state index contributed by atoms with van der Waals surface area (Å²) < 4.78 is 5.77. The van der Waals surface area contributed by atoms with Crippen LogP contribution in [-0.4, -0.2) is 28.4 Å². The molecule has 1 heterocycles. The summed E-state index contributed by atoms with van der Waals surface area (Å²) in [4.78, 5) is 24.6. The topological polar surface area (TPSA) is 66.8 Å². The van der Waals surface area contributed by atoms with Crippen LogP contribution in [0, 0.1) is 5.92 Å². The minimum Gasteiger partial charge on any atom is -0.481 e. The second kappa shape index (κ2) is 6.52. The lowest BCUT2D eigenvalue weighted by atomic mass is 10.1. The van der Waals surface area contributed by atoms with Gasteiger partial charge in [-0.15, -0.1) is 0 Å². The zero-order chi connectivity index (χ0) is 16.2. The third-order valence-corrected chi connectivity index (χ3v) is 3.85. The molecule has 0 aliphatic carbocycles. The van der Waals surface area contributed by atoms with Crippen LogP contribution >= 0.6 is 0 Å². The number of benzene rings is 2. The fourth-order valence-corrected chi connectivity index (χ4v) is 2.68. The highest BCUT2D eigenvalue weighted by molar-refractivity contribution is 5.98. The Hall–Kier alpha value is -2.82. The van der Waals surface area contributed by atoms with Crippen LogP contribution in [0.15, 0.2) is 54.6 Å². The lowest BCUT2D eigenvalue weighted by Gasteiger charge is -2.16. The zero-order valence-corrected chi connectivity index (χ0v) is 12.5. The van der Waals surface area contributed by atoms with Crippen molar-refractivity contribution in [3.63, 3.8) is 0 Å². The summed E-state index contributed by atoms with van der Waals surface area (Å²) in [6.07, 6.45) is 0.369. The number of carbonyl (C=O) groups excluding carboxylic acids is 1. The third-order valence-electron chi connectivity index (χ3n) is 3.85. The number of likely N-dealkylation sites (tertiary alicyclic amines) is 1. The zero-order valence-electron chi connectivity index (χ0n) is 12.5. The van der Waals surface area contributed by atoms with E-state index in [1.54, 1.807) is 4.90 Å². The maximum Gasteiger partial charge on any atom is 0.316 e. The van der Waals surface area contributed by atoms with Gasteiger partial charge in [-0.2, -0.15) is 0 Å². The molecule has 1 aliphatic heterocycles. The Morgan fingerprint density at radius 1 is 1.13 bits per heavy atom. The van der Waals surface area contributed by atoms with Crippen molar-refractivity contribution in [1.29, 1.82) is 0 Å². The Bertz CT molecular complexity index is 714. The molecule has 1 fully saturated rings. The van der Waals surface area contributed by atoms with Gasteiger partial charge >= 0.3 is 5.97 Å². The first-order chi connectivity index (χ1) is 11.1. The van der Waals surface area contributed by atoms with Crippen molar-refractivity contribution >= 4 is 11.9 Å². The molecule has 1 saturated heterocycles. The van der Waals surface area contributed by atoms with Gasteiger partial charge in [0.15, 0.2) is 0 Å². The molecule has 0 saturated carbocycles. The molecule has 0 aromatic heterocycles. The quantitative estimate of drug-likeness (QED) is 0.862. The SMILES string of the molecule is O=C(O)C1CCN(Cc2cccc(Oc3ccccc3)c2)C1=O. The Balaban J connectivity index is 1.69. The first-order valence-corrected chi connectivity index (χ1v) is 7.47. The third kappa shape index (κ3) is 3.51. The van der Waals surface area contributed by atoms with Gasteiger partial charge in [-0.1, -0.05) is 30.3 Å². The normalized spacial score (nSPS) is 17.3. The Labute approximate surface area is 134 Å². The number of amides is 1. The Morgan fingerprint density at radius 2 is 1.87 bits per heavy atom. The minimum atomic E-state index is -1.04. The largest absolute Gasteiger partial charge is 0.481 e. The fraction of sp³-hybridized carbons (Fsp3) is 0.222. The predicted molar refractivity (Wildman–Crippen MR) is 84.1 cm³/mol. The van der Waals surface area contributed by atoms with Crippen molar-refractivity contribution in [2.75, 3.05) is 6.54 Å². The number of carboxylic acids is 1. The van der Waals surface area contributed by atoms with Crippen LogP contribution < -0.4 is 4.74 Å². The van der Waals surface area contributed by atoms with Crippen molar-refractivity contribution in [2.24, 2.45) is 5.92 Å². The molecule has 0 spiro atoms. The molecule has 5 heteroatoms. The standard InChI is InChI=1S/C18H17NO4/c20-17-16(18(21)22)9-10-19(17)12-13-5-4-8-15(11-13)23-14-6-2-1-3-7-14/h1-8,11,16H,9-10,12H2,(H,21,22). The smallest absolute Gasteiger partial charge is 0.316 e. The Kier molecular flexibility index (Phi) is 4.28. The minimum absolute atomic E-state index is 0.313. The molecule has 118 valence electrons. The lowest BCUT2D eigenvalue weighted by Crippen LogP contribution is -2.29. The van der Waals surface area contributed by atoms with Gasteiger partial charge in [0.05, 0.1) is 0 Å². The summed E-state index contributed by atoms with van der Waals surface area (Å²) in [6, 6.07) is 16.9. The second-order valence-electron chi connectivity index (χ2n) is 5.50. The summed E-state index contributed by atoms with van der Waals surface area (Å²) in [5, 5.41) is 9.01. The lowest BCUT2D eigenvalue weighted by molar-refractivity contribution is -0.147. The number of rotatable bonds is 5. The summed E-state index contributed by atoms with van der Waals surface area (Å²) >= 11 is 0. The fourth-order valence-electron chi connectivity index (χ4n) is 2.68. The van der Waals surface area contributed by atoms with Crippen LogP contribution in [0.25, 0.3) is 0 Å². The molecule has 1 unspecified atom stereocenters. The van der Waals surface area contributed by atoms with E-state index in [9.17, 15) is 9.59 Å². The number of hydrogen-bond donors (Lipinski definition) is 1. The van der Waals surface area contributed by atoms with Crippen molar-refractivity contribution < 1.29 is 19.4 Å². The van der Waals surface area contributed by atoms with Crippen LogP contribution in [0.1, 0.15) is 12.0 Å². The molecule has 1 amide bonds. The van der Waals surface area contributed by atoms with Gasteiger partial charge in [-0.25, -0.2) is 0 Å². The molecule has 2 aromatic carbocycles. The van der Waals surface area contributed by atoms with E-state index in [1.165, 1.54) is 0 Å². The van der Waals surface area contributed by atoms with E-state index < -0.39 is 11.9 Å². The summed E-state index contributed by atoms with van der Waals surface area (Å²) in [5.74, 6) is -0.827. The summed E-state index contributed by atoms with van der Waals surface area (Å²) in [6.45, 7) is 0.869. The molecule has 23 heavy (non-hydrogen) atoms. The van der Waals surface area contributed by atoms with E-state index in [0.29, 0.717) is 25.3 Å². The predicted octanol–water partition coefficient (Wildman–Crippen LogP) is 2.91. The van der Waals surface area contributed by atoms with Crippen molar-refractivity contribution in [1.82, 2.24) is 4.90 Å². The molecular weight excluding hydrogens is 294 g/mol. The van der Waals surface area contributed by atoms with E-state index in [-0.39, 0.29) is 5.91 Å². The number of para-hydroxylation sites is 1. The molecule has 2 aromatic rings. The number of carboxylic acid groups (broad SMARTS) is 1. The molecule has 0 bridgehead atoms. The number of carbonyl (C=O) groups is 2. The van der Waals surface area contributed by atoms with Gasteiger partial charge < -0.3 is 14.7 Å². The molecule has 0 radical (unpaired) electrons. The van der Waals surface area contributed by atoms with Gasteiger partial charge in [0.25, 0.3) is 0 Å². The van der Waals surface area contributed by atoms with Crippen LogP contribution in [0.3, 0.4) is 0 Å². The van der Waals surface area contributed by atoms with Crippen molar-refractivity contribution in [2.45, 2.75) is 13.0 Å². The number of ether oxygens (including phenoxy) is 1. The Morgan fingerprint density at radius 3 is 2.57 bits per heavy atom. The molecule has 1 aliphatic rings. The first-order valence-electron chi connectivity index (χ1n) is 7.47. The summed E-state index contributed by atoms with van der Waals surface area (Å²) in [7, 11) is 0.